The lowest BCUT2D eigenvalue weighted by Crippen LogP contribution is -2.28. The van der Waals surface area contributed by atoms with Crippen molar-refractivity contribution in [3.8, 4) is 6.07 Å². The van der Waals surface area contributed by atoms with Crippen molar-refractivity contribution in [1.29, 1.82) is 5.26 Å². The van der Waals surface area contributed by atoms with Gasteiger partial charge in [0, 0.05) is 16.7 Å². The lowest BCUT2D eigenvalue weighted by atomic mass is 9.68. The number of nitro benzene ring substituents is 1. The maximum atomic E-state index is 11.1. The van der Waals surface area contributed by atoms with E-state index in [2.05, 4.69) is 13.0 Å². The molecule has 1 aromatic rings. The first-order valence-corrected chi connectivity index (χ1v) is 7.18. The summed E-state index contributed by atoms with van der Waals surface area (Å²) in [6.07, 6.45) is 4.19. The number of benzene rings is 1. The smallest absolute Gasteiger partial charge is 0.258 e. The number of hydrogen-bond acceptors (Lipinski definition) is 3. The van der Waals surface area contributed by atoms with Crippen LogP contribution in [0.2, 0.25) is 5.02 Å². The van der Waals surface area contributed by atoms with Gasteiger partial charge in [0.2, 0.25) is 0 Å². The molecule has 0 spiro atoms. The summed E-state index contributed by atoms with van der Waals surface area (Å²) in [6, 6.07) is 7.12. The maximum absolute atomic E-state index is 11.1. The molecule has 20 heavy (non-hydrogen) atoms. The van der Waals surface area contributed by atoms with Gasteiger partial charge in [-0.15, -0.1) is 0 Å². The van der Waals surface area contributed by atoms with E-state index >= 15 is 0 Å². The molecule has 2 unspecified atom stereocenters. The molecule has 5 heteroatoms. The summed E-state index contributed by atoms with van der Waals surface area (Å²) in [4.78, 5) is 10.7. The monoisotopic (exact) mass is 292 g/mol. The topological polar surface area (TPSA) is 66.9 Å². The van der Waals surface area contributed by atoms with E-state index in [-0.39, 0.29) is 5.69 Å². The Balaban J connectivity index is 2.33. The van der Waals surface area contributed by atoms with E-state index in [1.54, 1.807) is 12.1 Å². The molecule has 106 valence electrons. The predicted molar refractivity (Wildman–Crippen MR) is 77.5 cm³/mol. The second kappa shape index (κ2) is 5.80. The molecule has 1 fully saturated rings. The number of hydrogen-bond donors (Lipinski definition) is 0. The van der Waals surface area contributed by atoms with Crippen LogP contribution < -0.4 is 0 Å². The molecule has 1 aliphatic rings. The van der Waals surface area contributed by atoms with Crippen molar-refractivity contribution in [2.75, 3.05) is 0 Å². The first-order chi connectivity index (χ1) is 9.46. The molecule has 0 aromatic heterocycles. The highest BCUT2D eigenvalue weighted by molar-refractivity contribution is 6.30. The Labute approximate surface area is 123 Å². The van der Waals surface area contributed by atoms with Crippen molar-refractivity contribution in [2.45, 2.75) is 39.0 Å². The fraction of sp³-hybridized carbons (Fsp3) is 0.533. The highest BCUT2D eigenvalue weighted by Gasteiger charge is 2.36. The van der Waals surface area contributed by atoms with Gasteiger partial charge in [-0.05, 0) is 31.2 Å². The third kappa shape index (κ3) is 3.10. The zero-order valence-corrected chi connectivity index (χ0v) is 12.2. The normalized spacial score (nSPS) is 25.9. The van der Waals surface area contributed by atoms with Gasteiger partial charge in [0.25, 0.3) is 5.69 Å². The highest BCUT2D eigenvalue weighted by Crippen LogP contribution is 2.42. The first-order valence-electron chi connectivity index (χ1n) is 6.80. The van der Waals surface area contributed by atoms with Gasteiger partial charge in [-0.2, -0.15) is 5.26 Å². The van der Waals surface area contributed by atoms with Gasteiger partial charge < -0.3 is 0 Å². The summed E-state index contributed by atoms with van der Waals surface area (Å²) in [5.74, 6) is 0.495. The maximum Gasteiger partial charge on any atom is 0.274 e. The Kier molecular flexibility index (Phi) is 4.29. The van der Waals surface area contributed by atoms with Gasteiger partial charge in [-0.3, -0.25) is 10.1 Å². The summed E-state index contributed by atoms with van der Waals surface area (Å²) < 4.78 is 0. The van der Waals surface area contributed by atoms with E-state index < -0.39 is 10.3 Å². The van der Waals surface area contributed by atoms with Crippen molar-refractivity contribution in [3.63, 3.8) is 0 Å². The lowest BCUT2D eigenvalue weighted by molar-refractivity contribution is -0.385. The van der Waals surface area contributed by atoms with Crippen LogP contribution in [0.25, 0.3) is 0 Å². The zero-order chi connectivity index (χ0) is 14.8. The van der Waals surface area contributed by atoms with Gasteiger partial charge in [0.05, 0.1) is 16.4 Å². The number of nitrogens with zero attached hydrogens (tertiary/aromatic N) is 2. The third-order valence-electron chi connectivity index (χ3n) is 4.10. The van der Waals surface area contributed by atoms with E-state index in [9.17, 15) is 15.4 Å². The van der Waals surface area contributed by atoms with Crippen LogP contribution in [0, 0.1) is 32.8 Å². The van der Waals surface area contributed by atoms with Crippen LogP contribution in [-0.2, 0) is 6.42 Å². The number of nitro groups is 1. The fourth-order valence-corrected chi connectivity index (χ4v) is 3.35. The van der Waals surface area contributed by atoms with Gasteiger partial charge in [-0.25, -0.2) is 0 Å². The lowest BCUT2D eigenvalue weighted by Gasteiger charge is -2.34. The van der Waals surface area contributed by atoms with Crippen molar-refractivity contribution in [1.82, 2.24) is 0 Å². The average Bonchev–Trinajstić information content (AvgIpc) is 2.40. The minimum Gasteiger partial charge on any atom is -0.258 e. The summed E-state index contributed by atoms with van der Waals surface area (Å²) >= 11 is 5.83. The predicted octanol–water partition coefficient (Wildman–Crippen LogP) is 4.51. The van der Waals surface area contributed by atoms with E-state index in [1.165, 1.54) is 6.07 Å². The fourth-order valence-electron chi connectivity index (χ4n) is 3.18. The van der Waals surface area contributed by atoms with E-state index in [1.807, 2.05) is 0 Å². The van der Waals surface area contributed by atoms with Crippen LogP contribution in [0.4, 0.5) is 5.69 Å². The van der Waals surface area contributed by atoms with Gasteiger partial charge in [0.1, 0.15) is 0 Å². The molecule has 0 amide bonds. The second-order valence-corrected chi connectivity index (χ2v) is 6.24. The molecule has 0 bridgehead atoms. The highest BCUT2D eigenvalue weighted by atomic mass is 35.5. The summed E-state index contributed by atoms with van der Waals surface area (Å²) in [5, 5.41) is 21.0. The number of rotatable bonds is 3. The largest absolute Gasteiger partial charge is 0.274 e. The zero-order valence-electron chi connectivity index (χ0n) is 11.4. The van der Waals surface area contributed by atoms with E-state index in [0.717, 1.165) is 25.7 Å². The van der Waals surface area contributed by atoms with Crippen molar-refractivity contribution in [3.05, 3.63) is 38.9 Å². The Hall–Kier alpha value is -1.60. The van der Waals surface area contributed by atoms with Crippen molar-refractivity contribution < 1.29 is 4.92 Å². The Morgan fingerprint density at radius 3 is 2.95 bits per heavy atom. The number of halogens is 1. The molecule has 0 aliphatic heterocycles. The SMILES string of the molecule is CC1CCCC(C#N)(Cc2ccc(Cl)cc2[N+](=O)[O-])C1. The molecule has 4 nitrogen and oxygen atoms in total. The Morgan fingerprint density at radius 1 is 1.60 bits per heavy atom. The summed E-state index contributed by atoms with van der Waals surface area (Å²) in [6.45, 7) is 2.14. The Bertz CT molecular complexity index is 567. The molecule has 2 atom stereocenters. The minimum absolute atomic E-state index is 0.0188. The van der Waals surface area contributed by atoms with Gasteiger partial charge in [0.15, 0.2) is 0 Å². The minimum atomic E-state index is -0.476. The standard InChI is InChI=1S/C15H17ClN2O2/c1-11-3-2-6-15(8-11,10-17)9-12-4-5-13(16)7-14(12)18(19)20/h4-5,7,11H,2-3,6,8-9H2,1H3. The Morgan fingerprint density at radius 2 is 2.35 bits per heavy atom. The van der Waals surface area contributed by atoms with Gasteiger partial charge >= 0.3 is 0 Å². The average molecular weight is 293 g/mol. The first kappa shape index (κ1) is 14.8. The number of nitriles is 1. The molecular weight excluding hydrogens is 276 g/mol. The van der Waals surface area contributed by atoms with Crippen LogP contribution in [0.15, 0.2) is 18.2 Å². The van der Waals surface area contributed by atoms with Crippen LogP contribution in [0.1, 0.15) is 38.2 Å². The molecular formula is C15H17ClN2O2. The quantitative estimate of drug-likeness (QED) is 0.608. The van der Waals surface area contributed by atoms with Crippen LogP contribution >= 0.6 is 11.6 Å². The molecule has 2 rings (SSSR count). The molecule has 0 radical (unpaired) electrons. The molecule has 0 saturated heterocycles. The molecule has 0 heterocycles. The summed E-state index contributed by atoms with van der Waals surface area (Å²) in [7, 11) is 0. The molecule has 1 aliphatic carbocycles. The third-order valence-corrected chi connectivity index (χ3v) is 4.34. The van der Waals surface area contributed by atoms with Crippen LogP contribution in [-0.4, -0.2) is 4.92 Å². The van der Waals surface area contributed by atoms with Crippen LogP contribution in [0.3, 0.4) is 0 Å². The van der Waals surface area contributed by atoms with Gasteiger partial charge in [-0.1, -0.05) is 37.4 Å². The van der Waals surface area contributed by atoms with Crippen molar-refractivity contribution >= 4 is 17.3 Å². The second-order valence-electron chi connectivity index (χ2n) is 5.80. The van der Waals surface area contributed by atoms with E-state index in [4.69, 9.17) is 11.6 Å². The molecule has 1 aromatic carbocycles. The van der Waals surface area contributed by atoms with Crippen LogP contribution in [0.5, 0.6) is 0 Å². The summed E-state index contributed by atoms with van der Waals surface area (Å²) in [5.41, 5.74) is 0.149. The van der Waals surface area contributed by atoms with E-state index in [0.29, 0.717) is 22.9 Å². The molecule has 0 N–H and O–H groups in total. The molecule has 1 saturated carbocycles. The van der Waals surface area contributed by atoms with Crippen molar-refractivity contribution in [2.24, 2.45) is 11.3 Å².